The van der Waals surface area contributed by atoms with Gasteiger partial charge in [0.1, 0.15) is 0 Å². The fraction of sp³-hybridized carbons (Fsp3) is 0. The first-order valence-electron chi connectivity index (χ1n) is 25.2. The molecule has 0 unspecified atom stereocenters. The summed E-state index contributed by atoms with van der Waals surface area (Å²) < 4.78 is 75.7. The summed E-state index contributed by atoms with van der Waals surface area (Å²) >= 11 is 0. The molecule has 13 aromatic rings. The topological polar surface area (TPSA) is 9.86 Å². The molecule has 0 radical (unpaired) electrons. The molecule has 0 amide bonds. The molecule has 2 aromatic heterocycles. The number of hydrogen-bond acceptors (Lipinski definition) is 0. The number of nitrogens with zero attached hydrogens (tertiary/aromatic N) is 2. The van der Waals surface area contributed by atoms with Gasteiger partial charge in [0.2, 0.25) is 0 Å². The van der Waals surface area contributed by atoms with Gasteiger partial charge in [-0.3, -0.25) is 0 Å². The molecule has 11 aromatic carbocycles. The van der Waals surface area contributed by atoms with Crippen molar-refractivity contribution < 1.29 is 11.0 Å². The minimum atomic E-state index is -2.96. The Kier molecular flexibility index (Phi) is 6.35. The molecule has 2 heterocycles. The summed E-state index contributed by atoms with van der Waals surface area (Å²) in [4.78, 5) is 0. The van der Waals surface area contributed by atoms with Gasteiger partial charge in [-0.25, -0.2) is 0 Å². The molecule has 2 nitrogen and oxygen atoms in total. The molecule has 0 atom stereocenters. The lowest BCUT2D eigenvalue weighted by Crippen LogP contribution is -2.74. The second-order valence-corrected chi connectivity index (χ2v) is 20.0. The lowest BCUT2D eigenvalue weighted by molar-refractivity contribution is 1.17. The van der Waals surface area contributed by atoms with Crippen LogP contribution in [0, 0.1) is 0 Å². The Morgan fingerprint density at radius 2 is 0.730 bits per heavy atom. The molecule has 0 aliphatic rings. The van der Waals surface area contributed by atoms with Crippen molar-refractivity contribution in [1.82, 2.24) is 9.13 Å². The Hall–Kier alpha value is -7.98. The maximum atomic E-state index is 9.31. The van der Waals surface area contributed by atoms with Gasteiger partial charge in [0, 0.05) is 38.3 Å². The fourth-order valence-electron chi connectivity index (χ4n) is 10.5. The minimum Gasteiger partial charge on any atom is -0.309 e. The van der Waals surface area contributed by atoms with Gasteiger partial charge >= 0.3 is 0 Å². The molecule has 0 aliphatic carbocycles. The van der Waals surface area contributed by atoms with Gasteiger partial charge in [-0.05, 0) is 96.2 Å². The van der Waals surface area contributed by atoms with Crippen LogP contribution in [0.3, 0.4) is 0 Å². The number of rotatable bonds is 6. The van der Waals surface area contributed by atoms with Crippen molar-refractivity contribution in [1.29, 1.82) is 0 Å². The van der Waals surface area contributed by atoms with Crippen molar-refractivity contribution >= 4 is 105 Å². The largest absolute Gasteiger partial charge is 0.309 e. The van der Waals surface area contributed by atoms with Crippen LogP contribution in [0.4, 0.5) is 0 Å². The Morgan fingerprint density at radius 1 is 0.286 bits per heavy atom. The average Bonchev–Trinajstić information content (AvgIpc) is 3.96. The third-order valence-corrected chi connectivity index (χ3v) is 17.8. The van der Waals surface area contributed by atoms with Crippen LogP contribution in [0.25, 0.3) is 87.3 Å². The molecule has 0 fully saturated rings. The zero-order valence-corrected chi connectivity index (χ0v) is 34.9. The van der Waals surface area contributed by atoms with E-state index in [1.165, 1.54) is 20.7 Å². The number of aromatic nitrogens is 2. The van der Waals surface area contributed by atoms with Gasteiger partial charge in [-0.2, -0.15) is 0 Å². The molecule has 63 heavy (non-hydrogen) atoms. The van der Waals surface area contributed by atoms with E-state index in [-0.39, 0.29) is 46.0 Å². The summed E-state index contributed by atoms with van der Waals surface area (Å²) in [5.41, 5.74) is 3.46. The van der Waals surface area contributed by atoms with Gasteiger partial charge < -0.3 is 9.13 Å². The van der Waals surface area contributed by atoms with Gasteiger partial charge in [0.05, 0.1) is 33.0 Å². The van der Waals surface area contributed by atoms with Gasteiger partial charge in [0.15, 0.2) is 8.07 Å². The standard InChI is InChI=1S/C60H40N2Si/c1-4-20-43(21-5-1)63(44-22-6-2-7-23-44,45-24-8-3-9-25-45)46-26-18-19-41(39-46)62-57-37-35-42(61-55-33-16-14-30-50(55)51-31-15-17-34-56(51)61)40-54(57)60-58(62)38-36-53-49-29-11-10-27-47(49)48-28-12-13-32-52(48)59(53)60/h1-40H/i14D,15D,16D,17D,30D,31D,33D,34D. The van der Waals surface area contributed by atoms with Crippen LogP contribution in [0.2, 0.25) is 0 Å². The van der Waals surface area contributed by atoms with Crippen LogP contribution in [0.15, 0.2) is 242 Å². The van der Waals surface area contributed by atoms with Crippen molar-refractivity contribution in [3.63, 3.8) is 0 Å². The van der Waals surface area contributed by atoms with Crippen LogP contribution in [0.1, 0.15) is 11.0 Å². The summed E-state index contributed by atoms with van der Waals surface area (Å²) in [5, 5.41) is 13.5. The number of hydrogen-bond donors (Lipinski definition) is 0. The lowest BCUT2D eigenvalue weighted by atomic mass is 9.92. The molecule has 0 saturated heterocycles. The molecule has 0 bridgehead atoms. The summed E-state index contributed by atoms with van der Waals surface area (Å²) in [5.74, 6) is 0. The maximum Gasteiger partial charge on any atom is 0.179 e. The van der Waals surface area contributed by atoms with Crippen LogP contribution in [-0.2, 0) is 0 Å². The molecule has 13 rings (SSSR count). The maximum absolute atomic E-state index is 9.31. The zero-order chi connectivity index (χ0) is 48.4. The van der Waals surface area contributed by atoms with Crippen LogP contribution < -0.4 is 20.7 Å². The second-order valence-electron chi connectivity index (χ2n) is 16.2. The molecule has 0 aliphatic heterocycles. The van der Waals surface area contributed by atoms with Crippen LogP contribution in [-0.4, -0.2) is 17.2 Å². The summed E-state index contributed by atoms with van der Waals surface area (Å²) in [6, 6.07) is 65.6. The van der Waals surface area contributed by atoms with Gasteiger partial charge in [-0.1, -0.05) is 194 Å². The third-order valence-electron chi connectivity index (χ3n) is 13.1. The van der Waals surface area contributed by atoms with E-state index in [0.717, 1.165) is 59.8 Å². The highest BCUT2D eigenvalue weighted by Gasteiger charge is 2.41. The van der Waals surface area contributed by atoms with E-state index in [2.05, 4.69) is 180 Å². The predicted octanol–water partition coefficient (Wildman–Crippen LogP) is 12.7. The van der Waals surface area contributed by atoms with Crippen LogP contribution in [0.5, 0.6) is 0 Å². The van der Waals surface area contributed by atoms with E-state index >= 15 is 0 Å². The number of benzene rings is 11. The number of fused-ring (bicyclic) bond motifs is 13. The Balaban J connectivity index is 1.20. The van der Waals surface area contributed by atoms with Crippen molar-refractivity contribution in [3.05, 3.63) is 242 Å². The first kappa shape index (κ1) is 28.5. The average molecular weight is 825 g/mol. The summed E-state index contributed by atoms with van der Waals surface area (Å²) in [7, 11) is -2.96. The highest BCUT2D eigenvalue weighted by Crippen LogP contribution is 2.44. The smallest absolute Gasteiger partial charge is 0.179 e. The van der Waals surface area contributed by atoms with Gasteiger partial charge in [-0.15, -0.1) is 0 Å². The molecule has 0 saturated carbocycles. The van der Waals surface area contributed by atoms with E-state index < -0.39 is 32.2 Å². The van der Waals surface area contributed by atoms with E-state index in [4.69, 9.17) is 8.22 Å². The molecule has 294 valence electrons. The van der Waals surface area contributed by atoms with Crippen molar-refractivity contribution in [3.8, 4) is 11.4 Å². The van der Waals surface area contributed by atoms with E-state index in [0.29, 0.717) is 5.69 Å². The van der Waals surface area contributed by atoms with E-state index in [1.54, 1.807) is 4.57 Å². The third kappa shape index (κ3) is 5.18. The molecule has 3 heteroatoms. The Bertz CT molecular complexity index is 4170. The monoisotopic (exact) mass is 824 g/mol. The second kappa shape index (κ2) is 14.0. The summed E-state index contributed by atoms with van der Waals surface area (Å²) in [6.07, 6.45) is 0. The molecular weight excluding hydrogens is 777 g/mol. The van der Waals surface area contributed by atoms with Crippen molar-refractivity contribution in [2.75, 3.05) is 0 Å². The highest BCUT2D eigenvalue weighted by molar-refractivity contribution is 7.19. The first-order valence-corrected chi connectivity index (χ1v) is 23.2. The van der Waals surface area contributed by atoms with Gasteiger partial charge in [0.25, 0.3) is 0 Å². The molecule has 0 spiro atoms. The van der Waals surface area contributed by atoms with Crippen molar-refractivity contribution in [2.24, 2.45) is 0 Å². The molecule has 0 N–H and O–H groups in total. The zero-order valence-electron chi connectivity index (χ0n) is 41.9. The quantitative estimate of drug-likeness (QED) is 0.0898. The Morgan fingerprint density at radius 3 is 1.32 bits per heavy atom. The van der Waals surface area contributed by atoms with E-state index in [9.17, 15) is 2.74 Å². The number of para-hydroxylation sites is 2. The Labute approximate surface area is 377 Å². The normalized spacial score (nSPS) is 13.9. The highest BCUT2D eigenvalue weighted by atomic mass is 28.3. The van der Waals surface area contributed by atoms with Crippen molar-refractivity contribution in [2.45, 2.75) is 0 Å². The molecular formula is C60H40N2Si. The summed E-state index contributed by atoms with van der Waals surface area (Å²) in [6.45, 7) is 0. The first-order chi connectivity index (χ1) is 34.6. The lowest BCUT2D eigenvalue weighted by Gasteiger charge is -2.34. The predicted molar refractivity (Wildman–Crippen MR) is 271 cm³/mol. The fourth-order valence-corrected chi connectivity index (χ4v) is 15.3. The van der Waals surface area contributed by atoms with Crippen LogP contribution >= 0.6 is 0 Å². The minimum absolute atomic E-state index is 0.0446. The SMILES string of the molecule is [2H]c1c([2H])c([2H])c2c(c1[2H])c1c([2H])c([2H])c([2H])c([2H])c1n2-c1ccc2c(c1)c1c3c4ccccc4c4ccccc4c3ccc1n2-c1cccc([Si](c2ccccc2)(c2ccccc2)c2ccccc2)c1. The van der Waals surface area contributed by atoms with E-state index in [1.807, 2.05) is 18.2 Å².